The van der Waals surface area contributed by atoms with Crippen molar-refractivity contribution in [2.45, 2.75) is 44.2 Å². The minimum atomic E-state index is -3.66. The minimum absolute atomic E-state index is 0.215. The number of rotatable bonds is 5. The second kappa shape index (κ2) is 7.11. The summed E-state index contributed by atoms with van der Waals surface area (Å²) in [4.78, 5) is 0.366. The number of aryl methyl sites for hydroxylation is 3. The zero-order valence-electron chi connectivity index (χ0n) is 14.9. The van der Waals surface area contributed by atoms with E-state index in [0.717, 1.165) is 27.8 Å². The van der Waals surface area contributed by atoms with Crippen LogP contribution in [0.5, 0.6) is 0 Å². The monoisotopic (exact) mass is 377 g/mol. The molecule has 0 bridgehead atoms. The van der Waals surface area contributed by atoms with Crippen molar-refractivity contribution >= 4 is 22.1 Å². The first kappa shape index (κ1) is 18.5. The van der Waals surface area contributed by atoms with E-state index in [-0.39, 0.29) is 12.1 Å². The van der Waals surface area contributed by atoms with Crippen molar-refractivity contribution in [2.24, 2.45) is 0 Å². The van der Waals surface area contributed by atoms with Crippen molar-refractivity contribution in [1.29, 1.82) is 0 Å². The van der Waals surface area contributed by atoms with Crippen molar-refractivity contribution in [3.8, 4) is 0 Å². The molecule has 0 saturated carbocycles. The van der Waals surface area contributed by atoms with Crippen LogP contribution in [0, 0.1) is 20.8 Å². The van der Waals surface area contributed by atoms with Crippen molar-refractivity contribution in [1.82, 2.24) is 4.72 Å². The van der Waals surface area contributed by atoms with Crippen LogP contribution in [0.2, 0.25) is 0 Å². The largest absolute Gasteiger partial charge is 0.310 e. The SMILES string of the molecule is CSOC1Cc2ccccc2C1NS(=O)(=O)c1c(C)cc(C)cc1C. The molecule has 0 amide bonds. The number of sulfonamides is 1. The summed E-state index contributed by atoms with van der Waals surface area (Å²) in [6, 6.07) is 11.3. The molecule has 4 nitrogen and oxygen atoms in total. The summed E-state index contributed by atoms with van der Waals surface area (Å²) in [6.07, 6.45) is 2.34. The summed E-state index contributed by atoms with van der Waals surface area (Å²) in [5.74, 6) is 0. The van der Waals surface area contributed by atoms with Gasteiger partial charge in [0, 0.05) is 12.7 Å². The lowest BCUT2D eigenvalue weighted by molar-refractivity contribution is 0.214. The highest BCUT2D eigenvalue weighted by Gasteiger charge is 2.37. The van der Waals surface area contributed by atoms with Crippen molar-refractivity contribution in [3.63, 3.8) is 0 Å². The number of hydrogen-bond donors (Lipinski definition) is 1. The quantitative estimate of drug-likeness (QED) is 0.804. The number of hydrogen-bond acceptors (Lipinski definition) is 4. The van der Waals surface area contributed by atoms with Gasteiger partial charge in [-0.15, -0.1) is 0 Å². The van der Waals surface area contributed by atoms with E-state index in [9.17, 15) is 8.42 Å². The maximum absolute atomic E-state index is 13.1. The molecule has 1 aliphatic rings. The molecule has 2 aromatic carbocycles. The van der Waals surface area contributed by atoms with Crippen molar-refractivity contribution in [3.05, 3.63) is 64.2 Å². The zero-order valence-corrected chi connectivity index (χ0v) is 16.5. The molecule has 2 aromatic rings. The Balaban J connectivity index is 2.00. The van der Waals surface area contributed by atoms with Gasteiger partial charge in [-0.1, -0.05) is 42.0 Å². The topological polar surface area (TPSA) is 55.4 Å². The molecule has 0 saturated heterocycles. The molecule has 134 valence electrons. The standard InChI is InChI=1S/C19H23NO3S2/c1-12-9-13(2)19(14(3)10-12)25(21,22)20-18-16-8-6-5-7-15(16)11-17(18)23-24-4/h5-10,17-18,20H,11H2,1-4H3. The van der Waals surface area contributed by atoms with E-state index >= 15 is 0 Å². The molecule has 0 heterocycles. The molecule has 0 aromatic heterocycles. The van der Waals surface area contributed by atoms with E-state index in [2.05, 4.69) is 4.72 Å². The summed E-state index contributed by atoms with van der Waals surface area (Å²) in [5, 5.41) is 0. The molecule has 25 heavy (non-hydrogen) atoms. The fourth-order valence-electron chi connectivity index (χ4n) is 3.73. The van der Waals surface area contributed by atoms with Gasteiger partial charge in [0.05, 0.1) is 17.0 Å². The van der Waals surface area contributed by atoms with Crippen LogP contribution in [-0.2, 0) is 20.6 Å². The molecule has 0 spiro atoms. The average Bonchev–Trinajstić information content (AvgIpc) is 2.83. The molecule has 2 unspecified atom stereocenters. The number of nitrogens with one attached hydrogen (secondary N) is 1. The maximum Gasteiger partial charge on any atom is 0.241 e. The molecule has 6 heteroatoms. The molecular weight excluding hydrogens is 354 g/mol. The van der Waals surface area contributed by atoms with E-state index in [1.54, 1.807) is 0 Å². The molecule has 0 radical (unpaired) electrons. The zero-order chi connectivity index (χ0) is 18.2. The lowest BCUT2D eigenvalue weighted by Gasteiger charge is -2.22. The smallest absolute Gasteiger partial charge is 0.241 e. The fourth-order valence-corrected chi connectivity index (χ4v) is 5.85. The molecule has 0 aliphatic heterocycles. The minimum Gasteiger partial charge on any atom is -0.310 e. The third-order valence-electron chi connectivity index (χ3n) is 4.56. The van der Waals surface area contributed by atoms with Gasteiger partial charge in [0.2, 0.25) is 10.0 Å². The molecule has 2 atom stereocenters. The predicted octanol–water partition coefficient (Wildman–Crippen LogP) is 3.85. The summed E-state index contributed by atoms with van der Waals surface area (Å²) >= 11 is 1.27. The summed E-state index contributed by atoms with van der Waals surface area (Å²) in [5.41, 5.74) is 4.71. The van der Waals surface area contributed by atoms with Crippen LogP contribution in [0.15, 0.2) is 41.3 Å². The first-order valence-corrected chi connectivity index (χ1v) is 10.8. The Morgan fingerprint density at radius 3 is 2.40 bits per heavy atom. The summed E-state index contributed by atoms with van der Waals surface area (Å²) < 4.78 is 34.9. The average molecular weight is 378 g/mol. The Morgan fingerprint density at radius 1 is 1.12 bits per heavy atom. The Labute approximate surface area is 154 Å². The van der Waals surface area contributed by atoms with E-state index in [1.165, 1.54) is 12.0 Å². The Hall–Kier alpha value is -1.34. The highest BCUT2D eigenvalue weighted by Crippen LogP contribution is 2.36. The van der Waals surface area contributed by atoms with Gasteiger partial charge in [0.25, 0.3) is 0 Å². The predicted molar refractivity (Wildman–Crippen MR) is 102 cm³/mol. The maximum atomic E-state index is 13.1. The van der Waals surface area contributed by atoms with E-state index in [0.29, 0.717) is 11.3 Å². The van der Waals surface area contributed by atoms with Gasteiger partial charge in [-0.25, -0.2) is 13.1 Å². The van der Waals surface area contributed by atoms with E-state index in [4.69, 9.17) is 4.18 Å². The van der Waals surface area contributed by atoms with Crippen LogP contribution in [0.3, 0.4) is 0 Å². The third kappa shape index (κ3) is 3.62. The summed E-state index contributed by atoms with van der Waals surface area (Å²) in [7, 11) is -3.66. The highest BCUT2D eigenvalue weighted by atomic mass is 32.2. The van der Waals surface area contributed by atoms with E-state index < -0.39 is 10.0 Å². The van der Waals surface area contributed by atoms with Gasteiger partial charge in [-0.2, -0.15) is 0 Å². The van der Waals surface area contributed by atoms with Crippen LogP contribution in [0.4, 0.5) is 0 Å². The van der Waals surface area contributed by atoms with Crippen molar-refractivity contribution in [2.75, 3.05) is 6.26 Å². The Morgan fingerprint density at radius 2 is 1.76 bits per heavy atom. The van der Waals surface area contributed by atoms with Gasteiger partial charge in [-0.05, 0) is 55.1 Å². The second-order valence-corrected chi connectivity index (χ2v) is 8.71. The fraction of sp³-hybridized carbons (Fsp3) is 0.368. The van der Waals surface area contributed by atoms with Crippen LogP contribution >= 0.6 is 12.0 Å². The molecular formula is C19H23NO3S2. The van der Waals surface area contributed by atoms with Gasteiger partial charge in [-0.3, -0.25) is 0 Å². The first-order chi connectivity index (χ1) is 11.8. The van der Waals surface area contributed by atoms with Gasteiger partial charge >= 0.3 is 0 Å². The second-order valence-electron chi connectivity index (χ2n) is 6.53. The molecule has 0 fully saturated rings. The van der Waals surface area contributed by atoms with Crippen LogP contribution < -0.4 is 4.72 Å². The van der Waals surface area contributed by atoms with Gasteiger partial charge in [0.1, 0.15) is 0 Å². The Kier molecular flexibility index (Phi) is 5.25. The number of benzene rings is 2. The number of fused-ring (bicyclic) bond motifs is 1. The normalized spacial score (nSPS) is 19.8. The molecule has 1 N–H and O–H groups in total. The molecule has 3 rings (SSSR count). The van der Waals surface area contributed by atoms with Crippen molar-refractivity contribution < 1.29 is 12.6 Å². The summed E-state index contributed by atoms with van der Waals surface area (Å²) in [6.45, 7) is 5.65. The third-order valence-corrected chi connectivity index (χ3v) is 6.74. The molecule has 1 aliphatic carbocycles. The van der Waals surface area contributed by atoms with Crippen LogP contribution in [0.25, 0.3) is 0 Å². The van der Waals surface area contributed by atoms with Gasteiger partial charge < -0.3 is 4.18 Å². The first-order valence-electron chi connectivity index (χ1n) is 8.21. The van der Waals surface area contributed by atoms with E-state index in [1.807, 2.05) is 63.4 Å². The van der Waals surface area contributed by atoms with Crippen LogP contribution in [0.1, 0.15) is 33.9 Å². The van der Waals surface area contributed by atoms with Gasteiger partial charge in [0.15, 0.2) is 0 Å². The Bertz CT molecular complexity index is 870. The highest BCUT2D eigenvalue weighted by molar-refractivity contribution is 7.94. The lowest BCUT2D eigenvalue weighted by Crippen LogP contribution is -2.35. The van der Waals surface area contributed by atoms with Crippen LogP contribution in [-0.4, -0.2) is 20.8 Å². The lowest BCUT2D eigenvalue weighted by atomic mass is 10.1.